The number of esters is 1. The van der Waals surface area contributed by atoms with Crippen LogP contribution in [-0.2, 0) is 14.3 Å². The zero-order valence-corrected chi connectivity index (χ0v) is 17.1. The number of methoxy groups -OCH3 is 1. The number of thioether (sulfide) groups is 1. The van der Waals surface area contributed by atoms with Gasteiger partial charge in [-0.2, -0.15) is 0 Å². The maximum absolute atomic E-state index is 14.8. The van der Waals surface area contributed by atoms with Crippen LogP contribution >= 0.6 is 11.8 Å². The molecule has 1 aliphatic carbocycles. The van der Waals surface area contributed by atoms with Crippen molar-refractivity contribution in [3.63, 3.8) is 0 Å². The van der Waals surface area contributed by atoms with E-state index in [9.17, 15) is 14.0 Å². The topological polar surface area (TPSA) is 71.0 Å². The molecule has 0 bridgehead atoms. The number of hydrogen-bond acceptors (Lipinski definition) is 6. The first-order valence-electron chi connectivity index (χ1n) is 9.53. The number of aliphatic imine (C=N–C) groups is 1. The van der Waals surface area contributed by atoms with Crippen molar-refractivity contribution < 1.29 is 18.7 Å². The van der Waals surface area contributed by atoms with Crippen molar-refractivity contribution >= 4 is 28.8 Å². The number of amides is 1. The third-order valence-corrected chi connectivity index (χ3v) is 6.12. The monoisotopic (exact) mass is 415 g/mol. The molecule has 1 fully saturated rings. The van der Waals surface area contributed by atoms with Gasteiger partial charge in [-0.1, -0.05) is 30.0 Å². The van der Waals surface area contributed by atoms with Crippen LogP contribution in [0, 0.1) is 11.7 Å². The Bertz CT molecular complexity index is 952. The van der Waals surface area contributed by atoms with Crippen LogP contribution < -0.4 is 5.32 Å². The predicted molar refractivity (Wildman–Crippen MR) is 109 cm³/mol. The molecule has 29 heavy (non-hydrogen) atoms. The van der Waals surface area contributed by atoms with E-state index in [-0.39, 0.29) is 17.9 Å². The second-order valence-corrected chi connectivity index (χ2v) is 8.17. The van der Waals surface area contributed by atoms with E-state index in [1.54, 1.807) is 30.0 Å². The van der Waals surface area contributed by atoms with Gasteiger partial charge in [0, 0.05) is 17.8 Å². The van der Waals surface area contributed by atoms with E-state index < -0.39 is 17.8 Å². The number of allylic oxidation sites excluding steroid dienone is 1. The Hall–Kier alpha value is -2.61. The van der Waals surface area contributed by atoms with Gasteiger partial charge in [-0.3, -0.25) is 4.79 Å². The molecule has 152 valence electrons. The number of nitrogens with one attached hydrogen (secondary N) is 1. The average Bonchev–Trinajstić information content (AvgIpc) is 3.46. The molecule has 1 atom stereocenters. The van der Waals surface area contributed by atoms with E-state index in [1.807, 2.05) is 5.41 Å². The lowest BCUT2D eigenvalue weighted by Crippen LogP contribution is -2.38. The molecule has 2 aliphatic heterocycles. The van der Waals surface area contributed by atoms with E-state index in [4.69, 9.17) is 4.74 Å². The summed E-state index contributed by atoms with van der Waals surface area (Å²) in [6.45, 7) is 2.40. The molecule has 1 aromatic rings. The number of carbonyl (C=O) groups excluding carboxylic acids is 2. The maximum Gasteiger partial charge on any atom is 0.338 e. The van der Waals surface area contributed by atoms with Crippen LogP contribution in [0.1, 0.15) is 37.8 Å². The zero-order valence-electron chi connectivity index (χ0n) is 16.3. The lowest BCUT2D eigenvalue weighted by atomic mass is 9.93. The molecule has 0 spiro atoms. The largest absolute Gasteiger partial charge is 0.466 e. The quantitative estimate of drug-likeness (QED) is 0.721. The Morgan fingerprint density at radius 1 is 1.34 bits per heavy atom. The van der Waals surface area contributed by atoms with Crippen molar-refractivity contribution in [3.05, 3.63) is 58.0 Å². The summed E-state index contributed by atoms with van der Waals surface area (Å²) in [5.41, 5.74) is 1.78. The smallest absolute Gasteiger partial charge is 0.338 e. The molecule has 0 aromatic heterocycles. The number of amidine groups is 1. The van der Waals surface area contributed by atoms with Crippen LogP contribution in [-0.4, -0.2) is 35.6 Å². The average molecular weight is 415 g/mol. The molecule has 6 nitrogen and oxygen atoms in total. The van der Waals surface area contributed by atoms with Gasteiger partial charge < -0.3 is 15.0 Å². The summed E-state index contributed by atoms with van der Waals surface area (Å²) in [5.74, 6) is -0.501. The molecule has 1 N–H and O–H groups in total. The molecule has 2 heterocycles. The van der Waals surface area contributed by atoms with Crippen LogP contribution in [0.15, 0.2) is 51.6 Å². The molecule has 8 heteroatoms. The second kappa shape index (κ2) is 8.02. The minimum absolute atomic E-state index is 0.0943. The highest BCUT2D eigenvalue weighted by Crippen LogP contribution is 2.45. The van der Waals surface area contributed by atoms with E-state index in [0.717, 1.165) is 12.8 Å². The Morgan fingerprint density at radius 3 is 2.79 bits per heavy atom. The van der Waals surface area contributed by atoms with E-state index in [0.29, 0.717) is 34.6 Å². The molecule has 1 aromatic carbocycles. The molecule has 1 amide bonds. The number of fused-ring (bicyclic) bond motifs is 1. The van der Waals surface area contributed by atoms with E-state index >= 15 is 0 Å². The number of ether oxygens (including phenoxy) is 1. The number of benzene rings is 1. The van der Waals surface area contributed by atoms with Crippen LogP contribution in [0.5, 0.6) is 0 Å². The molecule has 4 rings (SSSR count). The van der Waals surface area contributed by atoms with Crippen molar-refractivity contribution in [1.82, 2.24) is 10.2 Å². The third kappa shape index (κ3) is 3.94. The number of hydrogen-bond donors (Lipinski definition) is 1. The summed E-state index contributed by atoms with van der Waals surface area (Å²) in [4.78, 5) is 31.3. The predicted octanol–water partition coefficient (Wildman–Crippen LogP) is 3.49. The van der Waals surface area contributed by atoms with Crippen molar-refractivity contribution in [2.24, 2.45) is 10.9 Å². The van der Waals surface area contributed by atoms with Gasteiger partial charge in [0.2, 0.25) is 5.91 Å². The number of nitrogens with zero attached hydrogens (tertiary/aromatic N) is 2. The Morgan fingerprint density at radius 2 is 2.10 bits per heavy atom. The van der Waals surface area contributed by atoms with Gasteiger partial charge in [-0.05, 0) is 37.2 Å². The van der Waals surface area contributed by atoms with Gasteiger partial charge in [0.05, 0.1) is 30.8 Å². The first-order chi connectivity index (χ1) is 14.0. The summed E-state index contributed by atoms with van der Waals surface area (Å²) in [5, 5.41) is 5.42. The Balaban J connectivity index is 1.68. The van der Waals surface area contributed by atoms with Crippen molar-refractivity contribution in [3.8, 4) is 0 Å². The van der Waals surface area contributed by atoms with Crippen LogP contribution in [0.4, 0.5) is 4.39 Å². The second-order valence-electron chi connectivity index (χ2n) is 7.33. The zero-order chi connectivity index (χ0) is 20.5. The SMILES string of the molecule is COC(=O)C1=C(C)N=C2SC=C(CC(=O)NCC3CC3)N2C1c1ccccc1F. The number of rotatable bonds is 6. The normalized spacial score (nSPS) is 20.8. The fraction of sp³-hybridized carbons (Fsp3) is 0.381. The molecule has 3 aliphatic rings. The van der Waals surface area contributed by atoms with Gasteiger partial charge in [0.25, 0.3) is 0 Å². The standard InChI is InChI=1S/C21H22FN3O3S/c1-12-18(20(27)28-2)19(15-5-3-4-6-16(15)22)25-14(11-29-21(25)24-12)9-17(26)23-10-13-7-8-13/h3-6,11,13,19H,7-10H2,1-2H3,(H,23,26). The highest BCUT2D eigenvalue weighted by atomic mass is 32.2. The van der Waals surface area contributed by atoms with Gasteiger partial charge in [0.15, 0.2) is 5.17 Å². The summed E-state index contributed by atoms with van der Waals surface area (Å²) in [7, 11) is 1.29. The van der Waals surface area contributed by atoms with Crippen LogP contribution in [0.2, 0.25) is 0 Å². The van der Waals surface area contributed by atoms with Gasteiger partial charge in [0.1, 0.15) is 5.82 Å². The summed E-state index contributed by atoms with van der Waals surface area (Å²) < 4.78 is 19.7. The van der Waals surface area contributed by atoms with E-state index in [1.165, 1.54) is 24.9 Å². The van der Waals surface area contributed by atoms with Crippen molar-refractivity contribution in [1.29, 1.82) is 0 Å². The fourth-order valence-corrected chi connectivity index (χ4v) is 4.50. The lowest BCUT2D eigenvalue weighted by Gasteiger charge is -2.36. The molecule has 1 saturated carbocycles. The molecule has 1 unspecified atom stereocenters. The molecule has 0 saturated heterocycles. The van der Waals surface area contributed by atoms with Gasteiger partial charge in [-0.15, -0.1) is 0 Å². The Kier molecular flexibility index (Phi) is 5.45. The van der Waals surface area contributed by atoms with E-state index in [2.05, 4.69) is 10.3 Å². The molecular formula is C21H22FN3O3S. The third-order valence-electron chi connectivity index (χ3n) is 5.23. The highest BCUT2D eigenvalue weighted by Gasteiger charge is 2.42. The minimum Gasteiger partial charge on any atom is -0.466 e. The minimum atomic E-state index is -0.742. The highest BCUT2D eigenvalue weighted by molar-refractivity contribution is 8.16. The van der Waals surface area contributed by atoms with Crippen LogP contribution in [0.3, 0.4) is 0 Å². The van der Waals surface area contributed by atoms with Crippen molar-refractivity contribution in [2.45, 2.75) is 32.2 Å². The van der Waals surface area contributed by atoms with Gasteiger partial charge in [-0.25, -0.2) is 14.2 Å². The first-order valence-corrected chi connectivity index (χ1v) is 10.4. The lowest BCUT2D eigenvalue weighted by molar-refractivity contribution is -0.136. The summed E-state index contributed by atoms with van der Waals surface area (Å²) in [6.07, 6.45) is 2.45. The van der Waals surface area contributed by atoms with Crippen LogP contribution in [0.25, 0.3) is 0 Å². The number of halogens is 1. The maximum atomic E-state index is 14.8. The summed E-state index contributed by atoms with van der Waals surface area (Å²) >= 11 is 1.37. The fourth-order valence-electron chi connectivity index (χ4n) is 3.54. The number of carbonyl (C=O) groups is 2. The first kappa shape index (κ1) is 19.7. The molecular weight excluding hydrogens is 393 g/mol. The van der Waals surface area contributed by atoms with Gasteiger partial charge >= 0.3 is 5.97 Å². The molecule has 0 radical (unpaired) electrons. The summed E-state index contributed by atoms with van der Waals surface area (Å²) in [6, 6.07) is 5.59. The van der Waals surface area contributed by atoms with Crippen molar-refractivity contribution in [2.75, 3.05) is 13.7 Å². The Labute approximate surface area is 172 Å².